The van der Waals surface area contributed by atoms with Crippen LogP contribution in [0.3, 0.4) is 0 Å². The third kappa shape index (κ3) is 14.0. The van der Waals surface area contributed by atoms with Gasteiger partial charge in [-0.1, -0.05) is 165 Å². The number of hydrogen-bond acceptors (Lipinski definition) is 0. The van der Waals surface area contributed by atoms with Gasteiger partial charge in [0.2, 0.25) is 0 Å². The topological polar surface area (TPSA) is 0 Å². The molecule has 4 aromatic carbocycles. The summed E-state index contributed by atoms with van der Waals surface area (Å²) in [5, 5.41) is 5.59. The maximum atomic E-state index is 2.18. The summed E-state index contributed by atoms with van der Waals surface area (Å²) in [6.45, 7) is 4.36. The third-order valence-electron chi connectivity index (χ3n) is 4.17. The largest absolute Gasteiger partial charge is 0.147 e. The minimum absolute atomic E-state index is 0. The number of rotatable bonds is 5. The van der Waals surface area contributed by atoms with Crippen LogP contribution >= 0.6 is 29.6 Å². The van der Waals surface area contributed by atoms with Crippen LogP contribution in [0.1, 0.15) is 26.7 Å². The Morgan fingerprint density at radius 3 is 0.750 bits per heavy atom. The van der Waals surface area contributed by atoms with Gasteiger partial charge in [-0.3, -0.25) is 0 Å². The summed E-state index contributed by atoms with van der Waals surface area (Å²) in [6.07, 6.45) is 2.64. The molecule has 0 aliphatic carbocycles. The van der Waals surface area contributed by atoms with E-state index in [2.05, 4.69) is 135 Å². The molecule has 0 bridgehead atoms. The van der Waals surface area contributed by atoms with Crippen LogP contribution in [0.4, 0.5) is 0 Å². The zero-order valence-electron chi connectivity index (χ0n) is 18.7. The van der Waals surface area contributed by atoms with Crippen LogP contribution in [0.15, 0.2) is 121 Å². The second-order valence-corrected chi connectivity index (χ2v) is 9.52. The van der Waals surface area contributed by atoms with E-state index in [4.69, 9.17) is 0 Å². The van der Waals surface area contributed by atoms with Crippen molar-refractivity contribution >= 4 is 50.8 Å². The standard InChI is InChI=1S/2C12H11P.C4H10.ClH.Pd/c2*1-3-7-11(8-4-1)13-12-9-5-2-6-10-12;1-3-4-2;;/h2*1-10,13H;3-4H2,1-2H3;1H;. The Morgan fingerprint density at radius 2 is 0.594 bits per heavy atom. The van der Waals surface area contributed by atoms with E-state index in [1.54, 1.807) is 0 Å². The van der Waals surface area contributed by atoms with Crippen LogP contribution in [-0.4, -0.2) is 0 Å². The summed E-state index contributed by atoms with van der Waals surface area (Å²) in [4.78, 5) is 0. The van der Waals surface area contributed by atoms with E-state index < -0.39 is 0 Å². The van der Waals surface area contributed by atoms with Gasteiger partial charge < -0.3 is 0 Å². The molecule has 0 fully saturated rings. The van der Waals surface area contributed by atoms with Crippen LogP contribution < -0.4 is 21.2 Å². The van der Waals surface area contributed by atoms with Crippen molar-refractivity contribution in [3.05, 3.63) is 121 Å². The van der Waals surface area contributed by atoms with Crippen molar-refractivity contribution in [2.24, 2.45) is 0 Å². The minimum Gasteiger partial charge on any atom is -0.147 e. The van der Waals surface area contributed by atoms with Gasteiger partial charge in [0.05, 0.1) is 0 Å². The van der Waals surface area contributed by atoms with Crippen molar-refractivity contribution in [1.82, 2.24) is 0 Å². The van der Waals surface area contributed by atoms with Crippen molar-refractivity contribution in [1.29, 1.82) is 0 Å². The normalized spacial score (nSPS) is 8.94. The van der Waals surface area contributed by atoms with E-state index >= 15 is 0 Å². The summed E-state index contributed by atoms with van der Waals surface area (Å²) in [5.74, 6) is 0. The van der Waals surface area contributed by atoms with Crippen LogP contribution in [0.2, 0.25) is 0 Å². The molecule has 172 valence electrons. The average Bonchev–Trinajstić information content (AvgIpc) is 2.82. The van der Waals surface area contributed by atoms with Crippen molar-refractivity contribution < 1.29 is 20.4 Å². The minimum atomic E-state index is 0. The predicted octanol–water partition coefficient (Wildman–Crippen LogP) is 6.86. The fourth-order valence-corrected chi connectivity index (χ4v) is 4.52. The summed E-state index contributed by atoms with van der Waals surface area (Å²) >= 11 is 0. The Balaban J connectivity index is 0.000000490. The molecule has 0 aliphatic rings. The second kappa shape index (κ2) is 20.3. The van der Waals surface area contributed by atoms with Gasteiger partial charge in [0.15, 0.2) is 0 Å². The first kappa shape index (κ1) is 30.7. The van der Waals surface area contributed by atoms with E-state index in [0.29, 0.717) is 0 Å². The maximum Gasteiger partial charge on any atom is 0 e. The average molecular weight is 573 g/mol. The molecule has 0 N–H and O–H groups in total. The van der Waals surface area contributed by atoms with Gasteiger partial charge in [-0.25, -0.2) is 0 Å². The smallest absolute Gasteiger partial charge is 0 e. The zero-order chi connectivity index (χ0) is 21.3. The molecule has 4 rings (SSSR count). The first-order chi connectivity index (χ1) is 14.8. The Kier molecular flexibility index (Phi) is 19.5. The van der Waals surface area contributed by atoms with Gasteiger partial charge in [0, 0.05) is 20.4 Å². The van der Waals surface area contributed by atoms with Gasteiger partial charge in [-0.05, 0) is 21.2 Å². The van der Waals surface area contributed by atoms with E-state index in [1.165, 1.54) is 34.1 Å². The zero-order valence-corrected chi connectivity index (χ0v) is 23.1. The Hall–Kier alpha value is -1.31. The summed E-state index contributed by atoms with van der Waals surface area (Å²) in [6, 6.07) is 42.3. The Bertz CT molecular complexity index is 751. The van der Waals surface area contributed by atoms with Crippen molar-refractivity contribution in [2.75, 3.05) is 0 Å². The number of halogens is 1. The number of benzene rings is 4. The molecule has 0 nitrogen and oxygen atoms in total. The first-order valence-corrected chi connectivity index (χ1v) is 12.6. The fraction of sp³-hybridized carbons (Fsp3) is 0.143. The quantitative estimate of drug-likeness (QED) is 0.181. The van der Waals surface area contributed by atoms with Gasteiger partial charge in [-0.2, -0.15) is 0 Å². The van der Waals surface area contributed by atoms with Crippen molar-refractivity contribution in [2.45, 2.75) is 26.7 Å². The fourth-order valence-electron chi connectivity index (χ4n) is 2.42. The Morgan fingerprint density at radius 1 is 0.406 bits per heavy atom. The van der Waals surface area contributed by atoms with E-state index in [-0.39, 0.29) is 32.8 Å². The number of unbranched alkanes of at least 4 members (excludes halogenated alkanes) is 1. The van der Waals surface area contributed by atoms with Crippen molar-refractivity contribution in [3.63, 3.8) is 0 Å². The summed E-state index contributed by atoms with van der Waals surface area (Å²) < 4.78 is 0. The van der Waals surface area contributed by atoms with Crippen LogP contribution in [0, 0.1) is 0 Å². The molecular weight excluding hydrogens is 540 g/mol. The van der Waals surface area contributed by atoms with Crippen LogP contribution in [0.5, 0.6) is 0 Å². The molecule has 4 aromatic rings. The monoisotopic (exact) mass is 572 g/mol. The van der Waals surface area contributed by atoms with Crippen LogP contribution in [-0.2, 0) is 20.4 Å². The van der Waals surface area contributed by atoms with E-state index in [1.807, 2.05) is 0 Å². The molecular formula is C28H33ClP2Pd. The third-order valence-corrected chi connectivity index (χ3v) is 6.66. The maximum absolute atomic E-state index is 2.18. The molecule has 4 heteroatoms. The van der Waals surface area contributed by atoms with Gasteiger partial charge >= 0.3 is 0 Å². The van der Waals surface area contributed by atoms with Gasteiger partial charge in [-0.15, -0.1) is 12.4 Å². The predicted molar refractivity (Wildman–Crippen MR) is 149 cm³/mol. The molecule has 0 aromatic heterocycles. The molecule has 0 atom stereocenters. The molecule has 0 amide bonds. The molecule has 0 aliphatic heterocycles. The summed E-state index contributed by atoms with van der Waals surface area (Å²) in [5.41, 5.74) is 0. The van der Waals surface area contributed by atoms with Crippen LogP contribution in [0.25, 0.3) is 0 Å². The molecule has 32 heavy (non-hydrogen) atoms. The second-order valence-electron chi connectivity index (χ2n) is 6.71. The molecule has 0 unspecified atom stereocenters. The molecule has 0 spiro atoms. The summed E-state index contributed by atoms with van der Waals surface area (Å²) in [7, 11) is 1.55. The molecule has 0 saturated carbocycles. The number of hydrogen-bond donors (Lipinski definition) is 0. The van der Waals surface area contributed by atoms with Gasteiger partial charge in [0.1, 0.15) is 0 Å². The molecule has 0 heterocycles. The molecule has 0 radical (unpaired) electrons. The van der Waals surface area contributed by atoms with Crippen molar-refractivity contribution in [3.8, 4) is 0 Å². The van der Waals surface area contributed by atoms with E-state index in [9.17, 15) is 0 Å². The first-order valence-electron chi connectivity index (χ1n) is 10.6. The van der Waals surface area contributed by atoms with Gasteiger partial charge in [0.25, 0.3) is 0 Å². The SMILES string of the molecule is CCCC.Cl.[Pd].c1ccc(Pc2ccccc2)cc1.c1ccc(Pc2ccccc2)cc1. The Labute approximate surface area is 218 Å². The molecule has 0 saturated heterocycles. The van der Waals surface area contributed by atoms with E-state index in [0.717, 1.165) is 17.2 Å².